The molecule has 0 spiro atoms. The molecule has 108 valence electrons. The zero-order chi connectivity index (χ0) is 14.9. The lowest BCUT2D eigenvalue weighted by molar-refractivity contribution is -0.151. The minimum atomic E-state index is -0.445. The predicted octanol–water partition coefficient (Wildman–Crippen LogP) is 2.64. The van der Waals surface area contributed by atoms with Crippen LogP contribution in [0.4, 0.5) is 0 Å². The van der Waals surface area contributed by atoms with Crippen molar-refractivity contribution in [2.24, 2.45) is 0 Å². The number of halogens is 1. The Morgan fingerprint density at radius 2 is 2.10 bits per heavy atom. The van der Waals surface area contributed by atoms with Crippen LogP contribution >= 0.6 is 15.9 Å². The van der Waals surface area contributed by atoms with Crippen molar-refractivity contribution in [3.8, 4) is 0 Å². The number of benzene rings is 1. The van der Waals surface area contributed by atoms with E-state index < -0.39 is 12.1 Å². The van der Waals surface area contributed by atoms with Gasteiger partial charge >= 0.3 is 0 Å². The minimum Gasteiger partial charge on any atom is -0.343 e. The van der Waals surface area contributed by atoms with Crippen molar-refractivity contribution in [1.82, 2.24) is 10.2 Å². The Morgan fingerprint density at radius 3 is 2.70 bits per heavy atom. The Morgan fingerprint density at radius 1 is 1.40 bits per heavy atom. The van der Waals surface area contributed by atoms with Gasteiger partial charge in [0, 0.05) is 4.47 Å². The van der Waals surface area contributed by atoms with Gasteiger partial charge in [-0.25, -0.2) is 0 Å². The van der Waals surface area contributed by atoms with E-state index in [2.05, 4.69) is 21.2 Å². The summed E-state index contributed by atoms with van der Waals surface area (Å²) in [6.45, 7) is 5.63. The van der Waals surface area contributed by atoms with E-state index in [4.69, 9.17) is 0 Å². The van der Waals surface area contributed by atoms with Crippen LogP contribution in [0, 0.1) is 0 Å². The average molecular weight is 339 g/mol. The van der Waals surface area contributed by atoms with Crippen LogP contribution in [0.2, 0.25) is 0 Å². The zero-order valence-electron chi connectivity index (χ0n) is 11.9. The largest absolute Gasteiger partial charge is 0.343 e. The number of amides is 2. The quantitative estimate of drug-likeness (QED) is 0.920. The molecule has 1 aromatic rings. The number of hydrogen-bond acceptors (Lipinski definition) is 2. The molecule has 1 fully saturated rings. The Labute approximate surface area is 127 Å². The van der Waals surface area contributed by atoms with Crippen LogP contribution in [0.15, 0.2) is 28.7 Å². The van der Waals surface area contributed by atoms with Crippen LogP contribution in [-0.2, 0) is 9.59 Å². The summed E-state index contributed by atoms with van der Waals surface area (Å²) < 4.78 is 0.968. The van der Waals surface area contributed by atoms with Crippen molar-refractivity contribution in [3.63, 3.8) is 0 Å². The Bertz CT molecular complexity index is 532. The Hall–Kier alpha value is -1.36. The molecule has 1 aliphatic heterocycles. The van der Waals surface area contributed by atoms with Crippen LogP contribution in [-0.4, -0.2) is 28.8 Å². The molecule has 4 nitrogen and oxygen atoms in total. The molecule has 0 saturated carbocycles. The average Bonchev–Trinajstić information content (AvgIpc) is 2.43. The summed E-state index contributed by atoms with van der Waals surface area (Å²) in [4.78, 5) is 26.2. The monoisotopic (exact) mass is 338 g/mol. The molecule has 0 aromatic heterocycles. The van der Waals surface area contributed by atoms with Crippen LogP contribution < -0.4 is 5.32 Å². The van der Waals surface area contributed by atoms with Crippen molar-refractivity contribution in [1.29, 1.82) is 0 Å². The Balaban J connectivity index is 2.32. The molecule has 2 amide bonds. The molecule has 3 atom stereocenters. The van der Waals surface area contributed by atoms with Gasteiger partial charge < -0.3 is 10.2 Å². The van der Waals surface area contributed by atoms with E-state index >= 15 is 0 Å². The highest BCUT2D eigenvalue weighted by Gasteiger charge is 2.39. The minimum absolute atomic E-state index is 0.00734. The number of piperazine rings is 1. The number of rotatable bonds is 3. The molecule has 1 N–H and O–H groups in total. The third kappa shape index (κ3) is 2.73. The highest BCUT2D eigenvalue weighted by Crippen LogP contribution is 2.27. The molecule has 3 unspecified atom stereocenters. The molecule has 1 aliphatic rings. The SMILES string of the molecule is CCC1NC(=O)C(C)N(C(C)c2cccc(Br)c2)C1=O. The lowest BCUT2D eigenvalue weighted by atomic mass is 10.00. The van der Waals surface area contributed by atoms with E-state index in [1.807, 2.05) is 38.1 Å². The molecule has 0 bridgehead atoms. The molecule has 5 heteroatoms. The maximum Gasteiger partial charge on any atom is 0.246 e. The third-order valence-corrected chi connectivity index (χ3v) is 4.32. The van der Waals surface area contributed by atoms with E-state index in [9.17, 15) is 9.59 Å². The molecule has 1 saturated heterocycles. The topological polar surface area (TPSA) is 49.4 Å². The fourth-order valence-electron chi connectivity index (χ4n) is 2.58. The van der Waals surface area contributed by atoms with Crippen LogP contribution in [0.3, 0.4) is 0 Å². The van der Waals surface area contributed by atoms with E-state index in [-0.39, 0.29) is 17.9 Å². The number of hydrogen-bond donors (Lipinski definition) is 1. The van der Waals surface area contributed by atoms with Gasteiger partial charge in [-0.15, -0.1) is 0 Å². The van der Waals surface area contributed by atoms with Gasteiger partial charge in [0.1, 0.15) is 12.1 Å². The van der Waals surface area contributed by atoms with Gasteiger partial charge in [0.2, 0.25) is 11.8 Å². The fraction of sp³-hybridized carbons (Fsp3) is 0.467. The van der Waals surface area contributed by atoms with Gasteiger partial charge in [-0.1, -0.05) is 35.0 Å². The highest BCUT2D eigenvalue weighted by molar-refractivity contribution is 9.10. The van der Waals surface area contributed by atoms with Crippen molar-refractivity contribution >= 4 is 27.7 Å². The fourth-order valence-corrected chi connectivity index (χ4v) is 3.00. The molecule has 20 heavy (non-hydrogen) atoms. The van der Waals surface area contributed by atoms with Gasteiger partial charge in [-0.05, 0) is 38.0 Å². The molecule has 2 rings (SSSR count). The standard InChI is InChI=1S/C15H19BrN2O2/c1-4-13-15(20)18(10(3)14(19)17-13)9(2)11-6-5-7-12(16)8-11/h5-10,13H,4H2,1-3H3,(H,17,19). The maximum absolute atomic E-state index is 12.5. The van der Waals surface area contributed by atoms with E-state index in [1.54, 1.807) is 11.8 Å². The van der Waals surface area contributed by atoms with Gasteiger partial charge in [0.25, 0.3) is 0 Å². The smallest absolute Gasteiger partial charge is 0.246 e. The second-order valence-corrected chi connectivity index (χ2v) is 6.04. The first-order chi connectivity index (χ1) is 9.45. The summed E-state index contributed by atoms with van der Waals surface area (Å²) in [5.74, 6) is -0.0922. The summed E-state index contributed by atoms with van der Waals surface area (Å²) in [6, 6.07) is 6.86. The second kappa shape index (κ2) is 5.95. The van der Waals surface area contributed by atoms with Crippen molar-refractivity contribution in [3.05, 3.63) is 34.3 Å². The molecular formula is C15H19BrN2O2. The second-order valence-electron chi connectivity index (χ2n) is 5.12. The number of nitrogens with one attached hydrogen (secondary N) is 1. The molecule has 0 radical (unpaired) electrons. The molecule has 1 aromatic carbocycles. The third-order valence-electron chi connectivity index (χ3n) is 3.82. The van der Waals surface area contributed by atoms with E-state index in [0.717, 1.165) is 10.0 Å². The lowest BCUT2D eigenvalue weighted by Gasteiger charge is -2.41. The number of nitrogens with zero attached hydrogens (tertiary/aromatic N) is 1. The number of carbonyl (C=O) groups is 2. The van der Waals surface area contributed by atoms with Crippen LogP contribution in [0.5, 0.6) is 0 Å². The van der Waals surface area contributed by atoms with Gasteiger partial charge in [-0.2, -0.15) is 0 Å². The first kappa shape index (κ1) is 15.0. The van der Waals surface area contributed by atoms with Crippen molar-refractivity contribution in [2.75, 3.05) is 0 Å². The van der Waals surface area contributed by atoms with Gasteiger partial charge in [0.15, 0.2) is 0 Å². The van der Waals surface area contributed by atoms with Crippen molar-refractivity contribution in [2.45, 2.75) is 45.3 Å². The van der Waals surface area contributed by atoms with Crippen molar-refractivity contribution < 1.29 is 9.59 Å². The van der Waals surface area contributed by atoms with Gasteiger partial charge in [0.05, 0.1) is 6.04 Å². The molecule has 1 heterocycles. The zero-order valence-corrected chi connectivity index (χ0v) is 13.5. The number of carbonyl (C=O) groups excluding carboxylic acids is 2. The molecule has 0 aliphatic carbocycles. The maximum atomic E-state index is 12.5. The van der Waals surface area contributed by atoms with Gasteiger partial charge in [-0.3, -0.25) is 9.59 Å². The Kier molecular flexibility index (Phi) is 4.48. The summed E-state index contributed by atoms with van der Waals surface area (Å²) in [5, 5.41) is 2.77. The summed E-state index contributed by atoms with van der Waals surface area (Å²) in [5.41, 5.74) is 1.02. The predicted molar refractivity (Wildman–Crippen MR) is 81.1 cm³/mol. The van der Waals surface area contributed by atoms with E-state index in [0.29, 0.717) is 6.42 Å². The first-order valence-corrected chi connectivity index (χ1v) is 7.63. The molecular weight excluding hydrogens is 320 g/mol. The van der Waals surface area contributed by atoms with Crippen LogP contribution in [0.25, 0.3) is 0 Å². The summed E-state index contributed by atoms with van der Waals surface area (Å²) in [7, 11) is 0. The first-order valence-electron chi connectivity index (χ1n) is 6.83. The highest BCUT2D eigenvalue weighted by atomic mass is 79.9. The normalized spacial score (nSPS) is 24.5. The summed E-state index contributed by atoms with van der Waals surface area (Å²) >= 11 is 3.44. The van der Waals surface area contributed by atoms with Crippen LogP contribution in [0.1, 0.15) is 38.8 Å². The summed E-state index contributed by atoms with van der Waals surface area (Å²) in [6.07, 6.45) is 0.610. The lowest BCUT2D eigenvalue weighted by Crippen LogP contribution is -2.62. The van der Waals surface area contributed by atoms with E-state index in [1.165, 1.54) is 0 Å².